The molecule has 3 N–H and O–H groups in total. The van der Waals surface area contributed by atoms with Gasteiger partial charge in [0.25, 0.3) is 10.0 Å². The third kappa shape index (κ3) is 2.09. The molecule has 0 bridgehead atoms. The molecule has 0 spiro atoms. The quantitative estimate of drug-likeness (QED) is 0.791. The fraction of sp³-hybridized carbons (Fsp3) is 0.100. The molecule has 90 valence electrons. The van der Waals surface area contributed by atoms with Gasteiger partial charge in [0.1, 0.15) is 4.90 Å². The number of aromatic amines is 1. The molecule has 1 aromatic carbocycles. The van der Waals surface area contributed by atoms with Gasteiger partial charge in [0, 0.05) is 18.9 Å². The highest BCUT2D eigenvalue weighted by molar-refractivity contribution is 7.92. The molecule has 0 atom stereocenters. The van der Waals surface area contributed by atoms with Gasteiger partial charge < -0.3 is 5.73 Å². The summed E-state index contributed by atoms with van der Waals surface area (Å²) in [4.78, 5) is 0.113. The maximum absolute atomic E-state index is 12.1. The summed E-state index contributed by atoms with van der Waals surface area (Å²) >= 11 is 0. The summed E-state index contributed by atoms with van der Waals surface area (Å²) in [6, 6.07) is 6.67. The Morgan fingerprint density at radius 1 is 1.41 bits per heavy atom. The number of aromatic nitrogens is 2. The highest BCUT2D eigenvalue weighted by Crippen LogP contribution is 2.22. The Hall–Kier alpha value is -2.02. The fourth-order valence-corrected chi connectivity index (χ4v) is 2.49. The van der Waals surface area contributed by atoms with Crippen molar-refractivity contribution in [2.75, 3.05) is 17.1 Å². The van der Waals surface area contributed by atoms with E-state index in [1.165, 1.54) is 19.4 Å². The molecule has 17 heavy (non-hydrogen) atoms. The molecule has 7 heteroatoms. The van der Waals surface area contributed by atoms with Crippen molar-refractivity contribution in [1.82, 2.24) is 10.2 Å². The Kier molecular flexibility index (Phi) is 2.76. The van der Waals surface area contributed by atoms with Gasteiger partial charge in [0.05, 0.1) is 11.9 Å². The molecular formula is C10H12N4O2S. The second kappa shape index (κ2) is 4.10. The lowest BCUT2D eigenvalue weighted by Crippen LogP contribution is -2.26. The lowest BCUT2D eigenvalue weighted by molar-refractivity contribution is 0.594. The Morgan fingerprint density at radius 2 is 2.18 bits per heavy atom. The normalized spacial score (nSPS) is 11.4. The summed E-state index contributed by atoms with van der Waals surface area (Å²) in [7, 11) is -2.11. The van der Waals surface area contributed by atoms with Crippen LogP contribution in [0.5, 0.6) is 0 Å². The molecule has 0 aliphatic carbocycles. The lowest BCUT2D eigenvalue weighted by Gasteiger charge is -2.18. The SMILES string of the molecule is CN(c1cccc(N)c1)S(=O)(=O)c1cn[nH]c1. The van der Waals surface area contributed by atoms with Crippen molar-refractivity contribution in [2.24, 2.45) is 0 Å². The first kappa shape index (κ1) is 11.5. The molecular weight excluding hydrogens is 240 g/mol. The number of anilines is 2. The third-order valence-corrected chi connectivity index (χ3v) is 4.12. The molecule has 0 amide bonds. The van der Waals surface area contributed by atoms with Crippen molar-refractivity contribution in [3.8, 4) is 0 Å². The third-order valence-electron chi connectivity index (χ3n) is 2.37. The Balaban J connectivity index is 2.42. The minimum atomic E-state index is -3.58. The largest absolute Gasteiger partial charge is 0.399 e. The van der Waals surface area contributed by atoms with Crippen LogP contribution < -0.4 is 10.0 Å². The summed E-state index contributed by atoms with van der Waals surface area (Å²) in [6.45, 7) is 0. The first-order chi connectivity index (χ1) is 8.01. The van der Waals surface area contributed by atoms with Crippen LogP contribution in [0.1, 0.15) is 0 Å². The number of benzene rings is 1. The molecule has 2 rings (SSSR count). The van der Waals surface area contributed by atoms with Crippen molar-refractivity contribution in [3.63, 3.8) is 0 Å². The van der Waals surface area contributed by atoms with Crippen molar-refractivity contribution in [3.05, 3.63) is 36.7 Å². The van der Waals surface area contributed by atoms with Gasteiger partial charge in [-0.25, -0.2) is 8.42 Å². The van der Waals surface area contributed by atoms with E-state index in [4.69, 9.17) is 5.73 Å². The van der Waals surface area contributed by atoms with E-state index in [-0.39, 0.29) is 4.90 Å². The lowest BCUT2D eigenvalue weighted by atomic mass is 10.3. The molecule has 0 unspecified atom stereocenters. The average molecular weight is 252 g/mol. The molecule has 0 radical (unpaired) electrons. The van der Waals surface area contributed by atoms with Crippen LogP contribution in [0.15, 0.2) is 41.6 Å². The summed E-state index contributed by atoms with van der Waals surface area (Å²) in [5.74, 6) is 0. The van der Waals surface area contributed by atoms with Gasteiger partial charge in [-0.05, 0) is 18.2 Å². The number of sulfonamides is 1. The number of hydrogen-bond acceptors (Lipinski definition) is 4. The van der Waals surface area contributed by atoms with Crippen LogP contribution >= 0.6 is 0 Å². The predicted molar refractivity (Wildman–Crippen MR) is 65.0 cm³/mol. The van der Waals surface area contributed by atoms with Gasteiger partial charge in [0.2, 0.25) is 0 Å². The first-order valence-corrected chi connectivity index (χ1v) is 6.29. The maximum Gasteiger partial charge on any atom is 0.267 e. The predicted octanol–water partition coefficient (Wildman–Crippen LogP) is 0.817. The second-order valence-corrected chi connectivity index (χ2v) is 5.47. The number of nitrogen functional groups attached to an aromatic ring is 1. The molecule has 0 saturated carbocycles. The zero-order valence-electron chi connectivity index (χ0n) is 9.16. The van der Waals surface area contributed by atoms with Crippen molar-refractivity contribution in [1.29, 1.82) is 0 Å². The number of hydrogen-bond donors (Lipinski definition) is 2. The Bertz CT molecular complexity index is 607. The van der Waals surface area contributed by atoms with Crippen LogP contribution in [0.4, 0.5) is 11.4 Å². The molecule has 0 aliphatic rings. The smallest absolute Gasteiger partial charge is 0.267 e. The zero-order chi connectivity index (χ0) is 12.5. The van der Waals surface area contributed by atoms with Crippen LogP contribution in [0.25, 0.3) is 0 Å². The number of nitrogens with zero attached hydrogens (tertiary/aromatic N) is 2. The summed E-state index contributed by atoms with van der Waals surface area (Å²) in [5.41, 5.74) is 6.63. The van der Waals surface area contributed by atoms with Gasteiger partial charge in [-0.3, -0.25) is 9.40 Å². The second-order valence-electron chi connectivity index (χ2n) is 3.50. The van der Waals surface area contributed by atoms with Gasteiger partial charge in [-0.15, -0.1) is 0 Å². The van der Waals surface area contributed by atoms with Crippen molar-refractivity contribution >= 4 is 21.4 Å². The molecule has 0 saturated heterocycles. The fourth-order valence-electron chi connectivity index (χ4n) is 1.40. The molecule has 2 aromatic rings. The van der Waals surface area contributed by atoms with E-state index >= 15 is 0 Å². The van der Waals surface area contributed by atoms with Crippen LogP contribution in [0, 0.1) is 0 Å². The monoisotopic (exact) mass is 252 g/mol. The van der Waals surface area contributed by atoms with Gasteiger partial charge >= 0.3 is 0 Å². The number of rotatable bonds is 3. The summed E-state index contributed by atoms with van der Waals surface area (Å²) in [6.07, 6.45) is 2.59. The minimum absolute atomic E-state index is 0.113. The van der Waals surface area contributed by atoms with Crippen molar-refractivity contribution < 1.29 is 8.42 Å². The highest BCUT2D eigenvalue weighted by Gasteiger charge is 2.22. The number of nitrogens with two attached hydrogens (primary N) is 1. The summed E-state index contributed by atoms with van der Waals surface area (Å²) < 4.78 is 25.4. The van der Waals surface area contributed by atoms with E-state index < -0.39 is 10.0 Å². The molecule has 1 aromatic heterocycles. The zero-order valence-corrected chi connectivity index (χ0v) is 9.98. The Morgan fingerprint density at radius 3 is 2.76 bits per heavy atom. The topological polar surface area (TPSA) is 92.1 Å². The standard InChI is InChI=1S/C10H12N4O2S/c1-14(9-4-2-3-8(11)5-9)17(15,16)10-6-12-13-7-10/h2-7H,11H2,1H3,(H,12,13). The average Bonchev–Trinajstić information content (AvgIpc) is 2.82. The van der Waals surface area contributed by atoms with E-state index in [1.54, 1.807) is 24.3 Å². The van der Waals surface area contributed by atoms with E-state index in [0.717, 1.165) is 4.31 Å². The van der Waals surface area contributed by atoms with E-state index in [2.05, 4.69) is 10.2 Å². The van der Waals surface area contributed by atoms with Crippen LogP contribution in [0.2, 0.25) is 0 Å². The van der Waals surface area contributed by atoms with Gasteiger partial charge in [0.15, 0.2) is 0 Å². The summed E-state index contributed by atoms with van der Waals surface area (Å²) in [5, 5.41) is 6.10. The highest BCUT2D eigenvalue weighted by atomic mass is 32.2. The van der Waals surface area contributed by atoms with E-state index in [9.17, 15) is 8.42 Å². The van der Waals surface area contributed by atoms with Gasteiger partial charge in [-0.1, -0.05) is 6.07 Å². The molecule has 0 fully saturated rings. The minimum Gasteiger partial charge on any atom is -0.399 e. The number of nitrogens with one attached hydrogen (secondary N) is 1. The Labute approximate surface area is 99.1 Å². The van der Waals surface area contributed by atoms with E-state index in [0.29, 0.717) is 11.4 Å². The number of H-pyrrole nitrogens is 1. The molecule has 6 nitrogen and oxygen atoms in total. The van der Waals surface area contributed by atoms with Crippen molar-refractivity contribution in [2.45, 2.75) is 4.90 Å². The maximum atomic E-state index is 12.1. The van der Waals surface area contributed by atoms with Crippen LogP contribution in [0.3, 0.4) is 0 Å². The molecule has 0 aliphatic heterocycles. The van der Waals surface area contributed by atoms with E-state index in [1.807, 2.05) is 0 Å². The van der Waals surface area contributed by atoms with Crippen LogP contribution in [-0.2, 0) is 10.0 Å². The first-order valence-electron chi connectivity index (χ1n) is 4.85. The molecule has 1 heterocycles. The van der Waals surface area contributed by atoms with Crippen LogP contribution in [-0.4, -0.2) is 25.7 Å². The van der Waals surface area contributed by atoms with Gasteiger partial charge in [-0.2, -0.15) is 5.10 Å².